The van der Waals surface area contributed by atoms with Crippen molar-refractivity contribution in [3.8, 4) is 0 Å². The number of amides is 1. The summed E-state index contributed by atoms with van der Waals surface area (Å²) in [5.41, 5.74) is 0.788. The van der Waals surface area contributed by atoms with Gasteiger partial charge in [0.05, 0.1) is 13.2 Å². The van der Waals surface area contributed by atoms with E-state index in [0.29, 0.717) is 6.61 Å². The maximum atomic E-state index is 12.0. The number of carboxylic acids is 1. The van der Waals surface area contributed by atoms with E-state index >= 15 is 0 Å². The number of ether oxygens (including phenoxy) is 1. The van der Waals surface area contributed by atoms with Gasteiger partial charge in [0.15, 0.2) is 6.04 Å². The molecule has 1 amide bonds. The van der Waals surface area contributed by atoms with Crippen molar-refractivity contribution >= 4 is 18.0 Å². The van der Waals surface area contributed by atoms with Crippen LogP contribution in [0.1, 0.15) is 5.56 Å². The summed E-state index contributed by atoms with van der Waals surface area (Å²) in [5.74, 6) is -1.39. The molecule has 1 fully saturated rings. The molecule has 1 unspecified atom stereocenters. The molecule has 2 heterocycles. The molecule has 6 nitrogen and oxygen atoms in total. The highest BCUT2D eigenvalue weighted by atomic mass is 16.5. The summed E-state index contributed by atoms with van der Waals surface area (Å²) in [6.07, 6.45) is 6.24. The molecule has 6 heteroatoms. The number of morpholine rings is 1. The standard InChI is InChI=1S/C13H14N2O4/c16-12(4-3-10-2-1-5-14-8-10)15-6-7-19-9-11(15)13(17)18/h1-5,8,11H,6-7,9H2,(H,17,18). The summed E-state index contributed by atoms with van der Waals surface area (Å²) in [5, 5.41) is 9.03. The molecule has 0 spiro atoms. The highest BCUT2D eigenvalue weighted by Crippen LogP contribution is 2.09. The summed E-state index contributed by atoms with van der Waals surface area (Å²) in [4.78, 5) is 28.3. The molecule has 0 radical (unpaired) electrons. The maximum Gasteiger partial charge on any atom is 0.328 e. The Morgan fingerprint density at radius 2 is 2.37 bits per heavy atom. The van der Waals surface area contributed by atoms with E-state index in [4.69, 9.17) is 9.84 Å². The van der Waals surface area contributed by atoms with E-state index in [1.54, 1.807) is 24.5 Å². The van der Waals surface area contributed by atoms with Gasteiger partial charge in [-0.2, -0.15) is 0 Å². The highest BCUT2D eigenvalue weighted by molar-refractivity contribution is 5.94. The van der Waals surface area contributed by atoms with Crippen LogP contribution in [-0.4, -0.2) is 52.7 Å². The SMILES string of the molecule is O=C(O)C1COCCN1C(=O)C=Cc1cccnc1. The zero-order chi connectivity index (χ0) is 13.7. The third kappa shape index (κ3) is 3.38. The van der Waals surface area contributed by atoms with Gasteiger partial charge < -0.3 is 14.7 Å². The van der Waals surface area contributed by atoms with Crippen LogP contribution in [0.15, 0.2) is 30.6 Å². The number of carbonyl (C=O) groups is 2. The Kier molecular flexibility index (Phi) is 4.25. The Bertz CT molecular complexity index is 487. The zero-order valence-electron chi connectivity index (χ0n) is 10.2. The molecule has 0 saturated carbocycles. The predicted octanol–water partition coefficient (Wildman–Crippen LogP) is 0.407. The summed E-state index contributed by atoms with van der Waals surface area (Å²) >= 11 is 0. The largest absolute Gasteiger partial charge is 0.480 e. The van der Waals surface area contributed by atoms with Crippen molar-refractivity contribution in [1.29, 1.82) is 0 Å². The molecule has 1 aromatic rings. The van der Waals surface area contributed by atoms with E-state index < -0.39 is 12.0 Å². The number of carbonyl (C=O) groups excluding carboxylic acids is 1. The van der Waals surface area contributed by atoms with Crippen LogP contribution in [0.3, 0.4) is 0 Å². The Hall–Kier alpha value is -2.21. The number of nitrogens with zero attached hydrogens (tertiary/aromatic N) is 2. The number of rotatable bonds is 3. The second kappa shape index (κ2) is 6.10. The van der Waals surface area contributed by atoms with Crippen LogP contribution in [0, 0.1) is 0 Å². The van der Waals surface area contributed by atoms with Crippen LogP contribution in [0.5, 0.6) is 0 Å². The van der Waals surface area contributed by atoms with Crippen molar-refractivity contribution in [2.45, 2.75) is 6.04 Å². The lowest BCUT2D eigenvalue weighted by molar-refractivity contribution is -0.156. The molecule has 1 aromatic heterocycles. The minimum absolute atomic E-state index is 0.0296. The number of carboxylic acid groups (broad SMARTS) is 1. The summed E-state index contributed by atoms with van der Waals surface area (Å²) in [7, 11) is 0. The van der Waals surface area contributed by atoms with Gasteiger partial charge in [0.25, 0.3) is 0 Å². The van der Waals surface area contributed by atoms with Gasteiger partial charge in [0.1, 0.15) is 0 Å². The van der Waals surface area contributed by atoms with Crippen LogP contribution >= 0.6 is 0 Å². The van der Waals surface area contributed by atoms with E-state index in [1.165, 1.54) is 11.0 Å². The highest BCUT2D eigenvalue weighted by Gasteiger charge is 2.31. The van der Waals surface area contributed by atoms with Crippen LogP contribution < -0.4 is 0 Å². The molecule has 1 atom stereocenters. The number of hydrogen-bond acceptors (Lipinski definition) is 4. The van der Waals surface area contributed by atoms with E-state index in [9.17, 15) is 9.59 Å². The average molecular weight is 262 g/mol. The Morgan fingerprint density at radius 1 is 1.53 bits per heavy atom. The summed E-state index contributed by atoms with van der Waals surface area (Å²) in [6, 6.07) is 2.66. The van der Waals surface area contributed by atoms with Crippen molar-refractivity contribution in [2.24, 2.45) is 0 Å². The maximum absolute atomic E-state index is 12.0. The van der Waals surface area contributed by atoms with Crippen molar-refractivity contribution < 1.29 is 19.4 Å². The third-order valence-corrected chi connectivity index (χ3v) is 2.80. The fourth-order valence-corrected chi connectivity index (χ4v) is 1.81. The number of pyridine rings is 1. The lowest BCUT2D eigenvalue weighted by Crippen LogP contribution is -2.52. The Labute approximate surface area is 110 Å². The Morgan fingerprint density at radius 3 is 3.05 bits per heavy atom. The van der Waals surface area contributed by atoms with Crippen LogP contribution in [0.4, 0.5) is 0 Å². The minimum Gasteiger partial charge on any atom is -0.480 e. The molecule has 1 aliphatic rings. The van der Waals surface area contributed by atoms with Crippen molar-refractivity contribution in [2.75, 3.05) is 19.8 Å². The molecule has 1 saturated heterocycles. The van der Waals surface area contributed by atoms with E-state index in [0.717, 1.165) is 5.56 Å². The molecule has 0 aromatic carbocycles. The molecule has 0 bridgehead atoms. The van der Waals surface area contributed by atoms with E-state index in [-0.39, 0.29) is 19.1 Å². The van der Waals surface area contributed by atoms with Crippen molar-refractivity contribution in [3.05, 3.63) is 36.2 Å². The van der Waals surface area contributed by atoms with Gasteiger partial charge in [-0.05, 0) is 17.7 Å². The van der Waals surface area contributed by atoms with Gasteiger partial charge in [-0.3, -0.25) is 9.78 Å². The van der Waals surface area contributed by atoms with Gasteiger partial charge in [-0.15, -0.1) is 0 Å². The van der Waals surface area contributed by atoms with Crippen LogP contribution in [-0.2, 0) is 14.3 Å². The minimum atomic E-state index is -1.05. The number of aromatic nitrogens is 1. The molecule has 0 aliphatic carbocycles. The van der Waals surface area contributed by atoms with Crippen LogP contribution in [0.2, 0.25) is 0 Å². The normalized spacial score (nSPS) is 19.6. The van der Waals surface area contributed by atoms with E-state index in [2.05, 4.69) is 4.98 Å². The molecular weight excluding hydrogens is 248 g/mol. The van der Waals surface area contributed by atoms with Gasteiger partial charge in [-0.1, -0.05) is 6.07 Å². The summed E-state index contributed by atoms with van der Waals surface area (Å²) in [6.45, 7) is 0.672. The first-order valence-corrected chi connectivity index (χ1v) is 5.88. The molecule has 1 N–H and O–H groups in total. The zero-order valence-corrected chi connectivity index (χ0v) is 10.2. The lowest BCUT2D eigenvalue weighted by Gasteiger charge is -2.31. The molecule has 2 rings (SSSR count). The fourth-order valence-electron chi connectivity index (χ4n) is 1.81. The van der Waals surface area contributed by atoms with Crippen LogP contribution in [0.25, 0.3) is 6.08 Å². The molecule has 1 aliphatic heterocycles. The second-order valence-corrected chi connectivity index (χ2v) is 4.08. The first kappa shape index (κ1) is 13.2. The summed E-state index contributed by atoms with van der Waals surface area (Å²) < 4.78 is 5.08. The van der Waals surface area contributed by atoms with Gasteiger partial charge in [-0.25, -0.2) is 4.79 Å². The smallest absolute Gasteiger partial charge is 0.328 e. The van der Waals surface area contributed by atoms with Crippen molar-refractivity contribution in [1.82, 2.24) is 9.88 Å². The average Bonchev–Trinajstić information content (AvgIpc) is 2.46. The molecular formula is C13H14N2O4. The van der Waals surface area contributed by atoms with E-state index in [1.807, 2.05) is 6.07 Å². The number of hydrogen-bond donors (Lipinski definition) is 1. The van der Waals surface area contributed by atoms with Gasteiger partial charge in [0.2, 0.25) is 5.91 Å². The predicted molar refractivity (Wildman–Crippen MR) is 67.2 cm³/mol. The first-order valence-electron chi connectivity index (χ1n) is 5.88. The molecule has 19 heavy (non-hydrogen) atoms. The second-order valence-electron chi connectivity index (χ2n) is 4.08. The molecule has 100 valence electrons. The monoisotopic (exact) mass is 262 g/mol. The fraction of sp³-hybridized carbons (Fsp3) is 0.308. The lowest BCUT2D eigenvalue weighted by atomic mass is 10.2. The quantitative estimate of drug-likeness (QED) is 0.798. The topological polar surface area (TPSA) is 79.7 Å². The van der Waals surface area contributed by atoms with Crippen molar-refractivity contribution in [3.63, 3.8) is 0 Å². The third-order valence-electron chi connectivity index (χ3n) is 2.80. The Balaban J connectivity index is 2.06. The number of aliphatic carboxylic acids is 1. The first-order chi connectivity index (χ1) is 9.18. The van der Waals surface area contributed by atoms with Gasteiger partial charge in [0, 0.05) is 25.0 Å². The van der Waals surface area contributed by atoms with Gasteiger partial charge >= 0.3 is 5.97 Å².